The predicted molar refractivity (Wildman–Crippen MR) is 73.8 cm³/mol. The van der Waals surface area contributed by atoms with Crippen LogP contribution in [0.5, 0.6) is 0 Å². The molecule has 0 aliphatic carbocycles. The minimum absolute atomic E-state index is 0.125. The van der Waals surface area contributed by atoms with Gasteiger partial charge in [-0.15, -0.1) is 0 Å². The molecule has 1 amide bonds. The third-order valence-electron chi connectivity index (χ3n) is 2.97. The Kier molecular flexibility index (Phi) is 5.36. The van der Waals surface area contributed by atoms with Crippen molar-refractivity contribution < 1.29 is 14.3 Å². The SMILES string of the molecule is COC(=O)CCCN(C)C(=O)c1c(C)cccc1N. The van der Waals surface area contributed by atoms with Crippen LogP contribution >= 0.6 is 0 Å². The van der Waals surface area contributed by atoms with Gasteiger partial charge in [-0.2, -0.15) is 0 Å². The molecule has 0 aliphatic heterocycles. The number of esters is 1. The quantitative estimate of drug-likeness (QED) is 0.647. The minimum Gasteiger partial charge on any atom is -0.469 e. The molecule has 5 heteroatoms. The first-order chi connectivity index (χ1) is 8.97. The number of carbonyl (C=O) groups excluding carboxylic acids is 2. The van der Waals surface area contributed by atoms with E-state index in [4.69, 9.17) is 5.73 Å². The lowest BCUT2D eigenvalue weighted by atomic mass is 10.1. The zero-order chi connectivity index (χ0) is 14.4. The molecule has 0 aliphatic rings. The Bertz CT molecular complexity index is 452. The topological polar surface area (TPSA) is 72.6 Å². The highest BCUT2D eigenvalue weighted by Gasteiger charge is 2.16. The van der Waals surface area contributed by atoms with Crippen molar-refractivity contribution >= 4 is 17.6 Å². The van der Waals surface area contributed by atoms with Gasteiger partial charge in [0.15, 0.2) is 0 Å². The summed E-state index contributed by atoms with van der Waals surface area (Å²) in [6.45, 7) is 2.34. The molecule has 0 radical (unpaired) electrons. The zero-order valence-corrected chi connectivity index (χ0v) is 11.6. The summed E-state index contributed by atoms with van der Waals surface area (Å²) in [5.41, 5.74) is 7.70. The van der Waals surface area contributed by atoms with E-state index in [1.807, 2.05) is 19.1 Å². The molecule has 1 aromatic carbocycles. The number of nitrogens with two attached hydrogens (primary N) is 1. The summed E-state index contributed by atoms with van der Waals surface area (Å²) >= 11 is 0. The van der Waals surface area contributed by atoms with E-state index in [0.29, 0.717) is 30.6 Å². The number of aryl methyl sites for hydroxylation is 1. The maximum atomic E-state index is 12.3. The second-order valence-corrected chi connectivity index (χ2v) is 4.45. The van der Waals surface area contributed by atoms with Gasteiger partial charge in [0.05, 0.1) is 12.7 Å². The number of benzene rings is 1. The number of ether oxygens (including phenoxy) is 1. The van der Waals surface area contributed by atoms with Crippen LogP contribution in [0.4, 0.5) is 5.69 Å². The average molecular weight is 264 g/mol. The first-order valence-corrected chi connectivity index (χ1v) is 6.14. The summed E-state index contributed by atoms with van der Waals surface area (Å²) in [4.78, 5) is 24.8. The Labute approximate surface area is 113 Å². The maximum absolute atomic E-state index is 12.3. The molecule has 0 fully saturated rings. The van der Waals surface area contributed by atoms with Crippen molar-refractivity contribution in [1.82, 2.24) is 4.90 Å². The smallest absolute Gasteiger partial charge is 0.305 e. The fraction of sp³-hybridized carbons (Fsp3) is 0.429. The zero-order valence-electron chi connectivity index (χ0n) is 11.6. The van der Waals surface area contributed by atoms with E-state index in [0.717, 1.165) is 5.56 Å². The molecule has 0 saturated carbocycles. The number of methoxy groups -OCH3 is 1. The van der Waals surface area contributed by atoms with Gasteiger partial charge in [-0.25, -0.2) is 0 Å². The van der Waals surface area contributed by atoms with Crippen LogP contribution in [0, 0.1) is 6.92 Å². The summed E-state index contributed by atoms with van der Waals surface area (Å²) in [5, 5.41) is 0. The molecule has 5 nitrogen and oxygen atoms in total. The van der Waals surface area contributed by atoms with E-state index in [-0.39, 0.29) is 11.9 Å². The van der Waals surface area contributed by atoms with Gasteiger partial charge in [0.2, 0.25) is 0 Å². The number of anilines is 1. The molecule has 2 N–H and O–H groups in total. The van der Waals surface area contributed by atoms with E-state index in [1.165, 1.54) is 7.11 Å². The van der Waals surface area contributed by atoms with E-state index < -0.39 is 0 Å². The Balaban J connectivity index is 2.64. The maximum Gasteiger partial charge on any atom is 0.305 e. The fourth-order valence-corrected chi connectivity index (χ4v) is 1.84. The molecule has 0 spiro atoms. The van der Waals surface area contributed by atoms with Gasteiger partial charge in [-0.1, -0.05) is 12.1 Å². The van der Waals surface area contributed by atoms with Gasteiger partial charge in [0.1, 0.15) is 0 Å². The van der Waals surface area contributed by atoms with Crippen molar-refractivity contribution in [2.45, 2.75) is 19.8 Å². The summed E-state index contributed by atoms with van der Waals surface area (Å²) in [6.07, 6.45) is 0.873. The van der Waals surface area contributed by atoms with Crippen molar-refractivity contribution in [3.8, 4) is 0 Å². The Hall–Kier alpha value is -2.04. The highest BCUT2D eigenvalue weighted by Crippen LogP contribution is 2.18. The van der Waals surface area contributed by atoms with E-state index in [2.05, 4.69) is 4.74 Å². The fourth-order valence-electron chi connectivity index (χ4n) is 1.84. The molecular weight excluding hydrogens is 244 g/mol. The second-order valence-electron chi connectivity index (χ2n) is 4.45. The van der Waals surface area contributed by atoms with Crippen LogP contribution in [0.15, 0.2) is 18.2 Å². The van der Waals surface area contributed by atoms with E-state index >= 15 is 0 Å². The Morgan fingerprint density at radius 1 is 1.37 bits per heavy atom. The summed E-state index contributed by atoms with van der Waals surface area (Å²) in [5.74, 6) is -0.392. The van der Waals surface area contributed by atoms with Crippen molar-refractivity contribution in [3.05, 3.63) is 29.3 Å². The van der Waals surface area contributed by atoms with Gasteiger partial charge >= 0.3 is 5.97 Å². The molecule has 0 heterocycles. The molecule has 0 atom stereocenters. The Morgan fingerprint density at radius 2 is 2.05 bits per heavy atom. The molecule has 0 unspecified atom stereocenters. The largest absolute Gasteiger partial charge is 0.469 e. The van der Waals surface area contributed by atoms with Crippen molar-refractivity contribution in [2.75, 3.05) is 26.4 Å². The van der Waals surface area contributed by atoms with E-state index in [1.54, 1.807) is 18.0 Å². The molecular formula is C14H20N2O3. The monoisotopic (exact) mass is 264 g/mol. The number of hydrogen-bond donors (Lipinski definition) is 1. The molecule has 0 aromatic heterocycles. The summed E-state index contributed by atoms with van der Waals surface area (Å²) in [6, 6.07) is 5.38. The lowest BCUT2D eigenvalue weighted by Crippen LogP contribution is -2.29. The molecule has 1 aromatic rings. The predicted octanol–water partition coefficient (Wildman–Crippen LogP) is 1.60. The minimum atomic E-state index is -0.267. The third kappa shape index (κ3) is 3.98. The molecule has 19 heavy (non-hydrogen) atoms. The number of rotatable bonds is 5. The highest BCUT2D eigenvalue weighted by atomic mass is 16.5. The van der Waals surface area contributed by atoms with Crippen molar-refractivity contribution in [2.24, 2.45) is 0 Å². The molecule has 104 valence electrons. The molecule has 0 saturated heterocycles. The van der Waals surface area contributed by atoms with E-state index in [9.17, 15) is 9.59 Å². The Morgan fingerprint density at radius 3 is 2.63 bits per heavy atom. The standard InChI is InChI=1S/C14H20N2O3/c1-10-6-4-7-11(15)13(10)14(18)16(2)9-5-8-12(17)19-3/h4,6-7H,5,8-9,15H2,1-3H3. The van der Waals surface area contributed by atoms with Crippen LogP contribution in [0.25, 0.3) is 0 Å². The van der Waals surface area contributed by atoms with Crippen LogP contribution in [-0.2, 0) is 9.53 Å². The molecule has 0 bridgehead atoms. The van der Waals surface area contributed by atoms with Crippen LogP contribution in [-0.4, -0.2) is 37.5 Å². The third-order valence-corrected chi connectivity index (χ3v) is 2.97. The summed E-state index contributed by atoms with van der Waals surface area (Å²) in [7, 11) is 3.05. The number of nitrogen functional groups attached to an aromatic ring is 1. The number of nitrogens with zero attached hydrogens (tertiary/aromatic N) is 1. The van der Waals surface area contributed by atoms with Crippen LogP contribution < -0.4 is 5.73 Å². The highest BCUT2D eigenvalue weighted by molar-refractivity contribution is 6.00. The van der Waals surface area contributed by atoms with Gasteiger partial charge in [-0.05, 0) is 25.0 Å². The number of amides is 1. The first kappa shape index (κ1) is 15.0. The number of hydrogen-bond acceptors (Lipinski definition) is 4. The average Bonchev–Trinajstić information content (AvgIpc) is 2.37. The first-order valence-electron chi connectivity index (χ1n) is 6.14. The molecule has 1 rings (SSSR count). The van der Waals surface area contributed by atoms with Gasteiger partial charge in [-0.3, -0.25) is 9.59 Å². The number of carbonyl (C=O) groups is 2. The van der Waals surface area contributed by atoms with Crippen molar-refractivity contribution in [3.63, 3.8) is 0 Å². The van der Waals surface area contributed by atoms with Gasteiger partial charge < -0.3 is 15.4 Å². The van der Waals surface area contributed by atoms with Gasteiger partial charge in [0.25, 0.3) is 5.91 Å². The van der Waals surface area contributed by atoms with Crippen molar-refractivity contribution in [1.29, 1.82) is 0 Å². The lowest BCUT2D eigenvalue weighted by Gasteiger charge is -2.19. The summed E-state index contributed by atoms with van der Waals surface area (Å²) < 4.78 is 4.55. The van der Waals surface area contributed by atoms with Crippen LogP contribution in [0.2, 0.25) is 0 Å². The lowest BCUT2D eigenvalue weighted by molar-refractivity contribution is -0.140. The van der Waals surface area contributed by atoms with Crippen LogP contribution in [0.1, 0.15) is 28.8 Å². The van der Waals surface area contributed by atoms with Gasteiger partial charge in [0, 0.05) is 25.7 Å². The normalized spacial score (nSPS) is 10.1. The second kappa shape index (κ2) is 6.78. The van der Waals surface area contributed by atoms with Crippen LogP contribution in [0.3, 0.4) is 0 Å².